The molecule has 0 fully saturated rings. The highest BCUT2D eigenvalue weighted by molar-refractivity contribution is 6.30. The van der Waals surface area contributed by atoms with E-state index in [4.69, 9.17) is 21.4 Å². The first-order valence-corrected chi connectivity index (χ1v) is 6.81. The summed E-state index contributed by atoms with van der Waals surface area (Å²) >= 11 is 6.03. The van der Waals surface area contributed by atoms with Crippen molar-refractivity contribution in [1.29, 1.82) is 0 Å². The molecule has 0 saturated carbocycles. The summed E-state index contributed by atoms with van der Waals surface area (Å²) in [5, 5.41) is 18.8. The first kappa shape index (κ1) is 14.9. The van der Waals surface area contributed by atoms with Crippen molar-refractivity contribution in [2.75, 3.05) is 13.2 Å². The zero-order valence-corrected chi connectivity index (χ0v) is 11.8. The van der Waals surface area contributed by atoms with Crippen LogP contribution in [0.2, 0.25) is 5.02 Å². The molecule has 0 aliphatic rings. The quantitative estimate of drug-likeness (QED) is 0.860. The van der Waals surface area contributed by atoms with E-state index in [-0.39, 0.29) is 13.2 Å². The first-order chi connectivity index (χ1) is 9.69. The Labute approximate surface area is 123 Å². The predicted molar refractivity (Wildman–Crippen MR) is 79.3 cm³/mol. The van der Waals surface area contributed by atoms with Crippen LogP contribution in [-0.2, 0) is 6.42 Å². The first-order valence-electron chi connectivity index (χ1n) is 6.43. The van der Waals surface area contributed by atoms with Gasteiger partial charge in [-0.25, -0.2) is 0 Å². The Morgan fingerprint density at radius 2 is 1.85 bits per heavy atom. The van der Waals surface area contributed by atoms with Gasteiger partial charge in [0.15, 0.2) is 0 Å². The standard InChI is InChI=1S/C16H17ClO3/c17-14-6-7-16(20-11-15(19)10-18)13(9-14)8-12-4-2-1-3-5-12/h1-7,9,15,18-19H,8,10-11H2. The van der Waals surface area contributed by atoms with Gasteiger partial charge in [-0.2, -0.15) is 0 Å². The smallest absolute Gasteiger partial charge is 0.123 e. The second-order valence-corrected chi connectivity index (χ2v) is 5.00. The minimum atomic E-state index is -0.879. The van der Waals surface area contributed by atoms with Crippen LogP contribution in [0.15, 0.2) is 48.5 Å². The normalized spacial score (nSPS) is 12.2. The molecule has 2 rings (SSSR count). The fourth-order valence-electron chi connectivity index (χ4n) is 1.88. The Hall–Kier alpha value is -1.55. The van der Waals surface area contributed by atoms with Crippen molar-refractivity contribution in [2.24, 2.45) is 0 Å². The van der Waals surface area contributed by atoms with E-state index in [9.17, 15) is 5.11 Å². The third-order valence-electron chi connectivity index (χ3n) is 2.90. The molecule has 0 aromatic heterocycles. The van der Waals surface area contributed by atoms with Crippen molar-refractivity contribution in [3.63, 3.8) is 0 Å². The summed E-state index contributed by atoms with van der Waals surface area (Å²) in [7, 11) is 0. The summed E-state index contributed by atoms with van der Waals surface area (Å²) in [4.78, 5) is 0. The molecular formula is C16H17ClO3. The molecule has 0 heterocycles. The van der Waals surface area contributed by atoms with Crippen LogP contribution in [0.4, 0.5) is 0 Å². The highest BCUT2D eigenvalue weighted by Gasteiger charge is 2.09. The molecule has 2 N–H and O–H groups in total. The Morgan fingerprint density at radius 3 is 2.55 bits per heavy atom. The van der Waals surface area contributed by atoms with Gasteiger partial charge >= 0.3 is 0 Å². The van der Waals surface area contributed by atoms with Gasteiger partial charge in [0.05, 0.1) is 6.61 Å². The maximum atomic E-state index is 9.35. The van der Waals surface area contributed by atoms with E-state index < -0.39 is 6.10 Å². The molecule has 1 atom stereocenters. The summed E-state index contributed by atoms with van der Waals surface area (Å²) in [6.45, 7) is -0.262. The van der Waals surface area contributed by atoms with Crippen LogP contribution in [0.5, 0.6) is 5.75 Å². The average molecular weight is 293 g/mol. The van der Waals surface area contributed by atoms with E-state index >= 15 is 0 Å². The second kappa shape index (κ2) is 7.29. The van der Waals surface area contributed by atoms with Crippen LogP contribution in [0.1, 0.15) is 11.1 Å². The molecule has 2 aromatic carbocycles. The molecule has 0 radical (unpaired) electrons. The zero-order valence-electron chi connectivity index (χ0n) is 11.0. The maximum absolute atomic E-state index is 9.35. The van der Waals surface area contributed by atoms with Gasteiger partial charge in [-0.3, -0.25) is 0 Å². The minimum Gasteiger partial charge on any atom is -0.491 e. The van der Waals surface area contributed by atoms with Crippen molar-refractivity contribution >= 4 is 11.6 Å². The Morgan fingerprint density at radius 1 is 1.10 bits per heavy atom. The van der Waals surface area contributed by atoms with E-state index in [2.05, 4.69) is 0 Å². The van der Waals surface area contributed by atoms with Crippen LogP contribution in [0, 0.1) is 0 Å². The predicted octanol–water partition coefficient (Wildman–Crippen LogP) is 2.66. The molecule has 0 spiro atoms. The van der Waals surface area contributed by atoms with Gasteiger partial charge in [0.25, 0.3) is 0 Å². The van der Waals surface area contributed by atoms with Crippen molar-refractivity contribution in [3.8, 4) is 5.75 Å². The molecule has 0 aliphatic carbocycles. The molecule has 4 heteroatoms. The monoisotopic (exact) mass is 292 g/mol. The van der Waals surface area contributed by atoms with Crippen molar-refractivity contribution < 1.29 is 14.9 Å². The summed E-state index contributed by atoms with van der Waals surface area (Å²) < 4.78 is 5.55. The molecule has 0 saturated heterocycles. The average Bonchev–Trinajstić information content (AvgIpc) is 2.47. The Balaban J connectivity index is 2.15. The number of hydrogen-bond donors (Lipinski definition) is 2. The van der Waals surface area contributed by atoms with Gasteiger partial charge in [-0.1, -0.05) is 41.9 Å². The third kappa shape index (κ3) is 4.23. The third-order valence-corrected chi connectivity index (χ3v) is 3.14. The zero-order chi connectivity index (χ0) is 14.4. The lowest BCUT2D eigenvalue weighted by Gasteiger charge is -2.14. The van der Waals surface area contributed by atoms with E-state index in [0.29, 0.717) is 17.2 Å². The summed E-state index contributed by atoms with van der Waals surface area (Å²) in [6.07, 6.45) is -0.179. The fourth-order valence-corrected chi connectivity index (χ4v) is 2.08. The highest BCUT2D eigenvalue weighted by atomic mass is 35.5. The SMILES string of the molecule is OCC(O)COc1ccc(Cl)cc1Cc1ccccc1. The van der Waals surface area contributed by atoms with Crippen LogP contribution in [0.3, 0.4) is 0 Å². The molecule has 2 aromatic rings. The number of rotatable bonds is 6. The number of hydrogen-bond acceptors (Lipinski definition) is 3. The lowest BCUT2D eigenvalue weighted by atomic mass is 10.0. The van der Waals surface area contributed by atoms with E-state index in [1.165, 1.54) is 0 Å². The van der Waals surface area contributed by atoms with Crippen molar-refractivity contribution in [2.45, 2.75) is 12.5 Å². The number of ether oxygens (including phenoxy) is 1. The number of halogens is 1. The Kier molecular flexibility index (Phi) is 5.41. The van der Waals surface area contributed by atoms with Crippen LogP contribution >= 0.6 is 11.6 Å². The molecule has 106 valence electrons. The van der Waals surface area contributed by atoms with Gasteiger partial charge in [0, 0.05) is 11.4 Å². The molecule has 0 amide bonds. The van der Waals surface area contributed by atoms with Crippen LogP contribution in [0.25, 0.3) is 0 Å². The van der Waals surface area contributed by atoms with E-state index in [1.807, 2.05) is 36.4 Å². The minimum absolute atomic E-state index is 0.0555. The summed E-state index contributed by atoms with van der Waals surface area (Å²) in [5.74, 6) is 0.672. The van der Waals surface area contributed by atoms with Crippen LogP contribution < -0.4 is 4.74 Å². The fraction of sp³-hybridized carbons (Fsp3) is 0.250. The van der Waals surface area contributed by atoms with Gasteiger partial charge in [-0.05, 0) is 29.3 Å². The van der Waals surface area contributed by atoms with Gasteiger partial charge in [0.2, 0.25) is 0 Å². The van der Waals surface area contributed by atoms with Crippen molar-refractivity contribution in [3.05, 3.63) is 64.7 Å². The van der Waals surface area contributed by atoms with Crippen LogP contribution in [-0.4, -0.2) is 29.5 Å². The number of aliphatic hydroxyl groups excluding tert-OH is 2. The van der Waals surface area contributed by atoms with E-state index in [1.54, 1.807) is 12.1 Å². The van der Waals surface area contributed by atoms with Gasteiger partial charge in [0.1, 0.15) is 18.5 Å². The topological polar surface area (TPSA) is 49.7 Å². The largest absolute Gasteiger partial charge is 0.491 e. The molecule has 0 bridgehead atoms. The summed E-state index contributed by atoms with van der Waals surface area (Å²) in [6, 6.07) is 15.4. The molecular weight excluding hydrogens is 276 g/mol. The van der Waals surface area contributed by atoms with Gasteiger partial charge in [-0.15, -0.1) is 0 Å². The molecule has 1 unspecified atom stereocenters. The molecule has 0 aliphatic heterocycles. The molecule has 3 nitrogen and oxygen atoms in total. The van der Waals surface area contributed by atoms with Crippen molar-refractivity contribution in [1.82, 2.24) is 0 Å². The maximum Gasteiger partial charge on any atom is 0.123 e. The lowest BCUT2D eigenvalue weighted by Crippen LogP contribution is -2.21. The Bertz CT molecular complexity index is 543. The number of benzene rings is 2. The highest BCUT2D eigenvalue weighted by Crippen LogP contribution is 2.25. The van der Waals surface area contributed by atoms with E-state index in [0.717, 1.165) is 11.1 Å². The second-order valence-electron chi connectivity index (χ2n) is 4.56. The van der Waals surface area contributed by atoms with Gasteiger partial charge < -0.3 is 14.9 Å². The molecule has 20 heavy (non-hydrogen) atoms. The lowest BCUT2D eigenvalue weighted by molar-refractivity contribution is 0.0533. The number of aliphatic hydroxyl groups is 2. The summed E-state index contributed by atoms with van der Waals surface area (Å²) in [5.41, 5.74) is 2.11.